The molecule has 5 rings (SSSR count). The molecule has 1 aliphatic rings. The zero-order valence-electron chi connectivity index (χ0n) is 19.8. The van der Waals surface area contributed by atoms with Crippen LogP contribution in [0.5, 0.6) is 17.2 Å². The second-order valence-electron chi connectivity index (χ2n) is 8.06. The standard InChI is InChI=1S/C26H23BrN4O5/c1-4-35-26(32)21-19(12-9-17(33-2)22(27)18(10-12)34-3)20-23-16(11-13(28)24(20)36-25(21)29)30-14-7-5-6-8-15(14)31-23/h5-11,19H,4,28-29H2,1-3H3. The summed E-state index contributed by atoms with van der Waals surface area (Å²) < 4.78 is 23.1. The van der Waals surface area contributed by atoms with Crippen LogP contribution in [0.1, 0.15) is 24.0 Å². The smallest absolute Gasteiger partial charge is 0.340 e. The van der Waals surface area contributed by atoms with Crippen molar-refractivity contribution in [3.05, 3.63) is 69.5 Å². The van der Waals surface area contributed by atoms with Crippen LogP contribution < -0.4 is 25.7 Å². The van der Waals surface area contributed by atoms with E-state index in [9.17, 15) is 4.79 Å². The molecule has 2 heterocycles. The minimum absolute atomic E-state index is 0.105. The summed E-state index contributed by atoms with van der Waals surface area (Å²) in [6.45, 7) is 1.88. The number of nitrogens with two attached hydrogens (primary N) is 2. The maximum absolute atomic E-state index is 13.2. The van der Waals surface area contributed by atoms with Gasteiger partial charge >= 0.3 is 5.97 Å². The van der Waals surface area contributed by atoms with E-state index in [0.717, 1.165) is 0 Å². The molecule has 4 aromatic rings. The number of aromatic nitrogens is 2. The molecule has 184 valence electrons. The second-order valence-corrected chi connectivity index (χ2v) is 8.85. The van der Waals surface area contributed by atoms with Gasteiger partial charge in [-0.15, -0.1) is 0 Å². The van der Waals surface area contributed by atoms with Crippen molar-refractivity contribution in [2.75, 3.05) is 26.6 Å². The Morgan fingerprint density at radius 3 is 2.28 bits per heavy atom. The number of ether oxygens (including phenoxy) is 4. The maximum atomic E-state index is 13.2. The number of fused-ring (bicyclic) bond motifs is 4. The van der Waals surface area contributed by atoms with Crippen LogP contribution >= 0.6 is 15.9 Å². The molecule has 1 aromatic heterocycles. The lowest BCUT2D eigenvalue weighted by molar-refractivity contribution is -0.139. The highest BCUT2D eigenvalue weighted by atomic mass is 79.9. The molecule has 1 atom stereocenters. The molecule has 0 fully saturated rings. The Kier molecular flexibility index (Phi) is 6.05. The molecule has 4 N–H and O–H groups in total. The summed E-state index contributed by atoms with van der Waals surface area (Å²) in [7, 11) is 3.09. The van der Waals surface area contributed by atoms with E-state index in [-0.39, 0.29) is 18.1 Å². The lowest BCUT2D eigenvalue weighted by atomic mass is 9.81. The molecule has 0 radical (unpaired) electrons. The SMILES string of the molecule is CCOC(=O)C1=C(N)Oc2c(N)cc3nc4ccccc4nc3c2C1c1cc(OC)c(Br)c(OC)c1. The van der Waals surface area contributed by atoms with Crippen LogP contribution in [-0.2, 0) is 9.53 Å². The maximum Gasteiger partial charge on any atom is 0.340 e. The number of hydrogen-bond acceptors (Lipinski definition) is 9. The number of halogens is 1. The molecule has 1 aliphatic heterocycles. The first-order chi connectivity index (χ1) is 17.4. The van der Waals surface area contributed by atoms with Crippen molar-refractivity contribution in [3.63, 3.8) is 0 Å². The summed E-state index contributed by atoms with van der Waals surface area (Å²) >= 11 is 3.51. The predicted molar refractivity (Wildman–Crippen MR) is 139 cm³/mol. The molecule has 0 amide bonds. The van der Waals surface area contributed by atoms with E-state index in [1.54, 1.807) is 39.3 Å². The Hall–Kier alpha value is -4.05. The highest BCUT2D eigenvalue weighted by molar-refractivity contribution is 9.10. The Labute approximate surface area is 215 Å². The van der Waals surface area contributed by atoms with Gasteiger partial charge in [0.1, 0.15) is 21.5 Å². The summed E-state index contributed by atoms with van der Waals surface area (Å²) in [6, 6.07) is 12.8. The topological polar surface area (TPSA) is 132 Å². The van der Waals surface area contributed by atoms with E-state index in [0.29, 0.717) is 60.6 Å². The van der Waals surface area contributed by atoms with E-state index in [1.807, 2.05) is 24.3 Å². The molecule has 36 heavy (non-hydrogen) atoms. The molecule has 0 aliphatic carbocycles. The van der Waals surface area contributed by atoms with E-state index in [4.69, 9.17) is 40.4 Å². The van der Waals surface area contributed by atoms with Crippen molar-refractivity contribution < 1.29 is 23.7 Å². The average molecular weight is 551 g/mol. The number of rotatable bonds is 5. The number of anilines is 1. The van der Waals surface area contributed by atoms with Crippen LogP contribution in [0.4, 0.5) is 5.69 Å². The lowest BCUT2D eigenvalue weighted by Gasteiger charge is -2.30. The van der Waals surface area contributed by atoms with E-state index in [1.165, 1.54) is 0 Å². The first-order valence-corrected chi connectivity index (χ1v) is 11.9. The largest absolute Gasteiger partial charge is 0.495 e. The molecule has 10 heteroatoms. The van der Waals surface area contributed by atoms with Crippen molar-refractivity contribution in [1.82, 2.24) is 9.97 Å². The van der Waals surface area contributed by atoms with Crippen molar-refractivity contribution in [2.24, 2.45) is 5.73 Å². The molecule has 0 spiro atoms. The quantitative estimate of drug-likeness (QED) is 0.210. The van der Waals surface area contributed by atoms with Crippen LogP contribution in [0.3, 0.4) is 0 Å². The van der Waals surface area contributed by atoms with Crippen LogP contribution in [-0.4, -0.2) is 36.8 Å². The van der Waals surface area contributed by atoms with Gasteiger partial charge in [0.05, 0.1) is 54.5 Å². The summed E-state index contributed by atoms with van der Waals surface area (Å²) in [5.74, 6) is -0.163. The number of carbonyl (C=O) groups excluding carboxylic acids is 1. The Bertz CT molecular complexity index is 1540. The fourth-order valence-electron chi connectivity index (χ4n) is 4.44. The van der Waals surface area contributed by atoms with Gasteiger partial charge in [-0.1, -0.05) is 12.1 Å². The van der Waals surface area contributed by atoms with Gasteiger partial charge in [-0.05, 0) is 58.7 Å². The predicted octanol–water partition coefficient (Wildman–Crippen LogP) is 4.40. The number of nitrogens with zero attached hydrogens (tertiary/aromatic N) is 2. The third-order valence-corrected chi connectivity index (χ3v) is 6.78. The summed E-state index contributed by atoms with van der Waals surface area (Å²) in [5, 5.41) is 0. The van der Waals surface area contributed by atoms with Gasteiger partial charge in [-0.3, -0.25) is 0 Å². The van der Waals surface area contributed by atoms with E-state index in [2.05, 4.69) is 15.9 Å². The van der Waals surface area contributed by atoms with Crippen LogP contribution in [0.25, 0.3) is 22.1 Å². The minimum Gasteiger partial charge on any atom is -0.495 e. The van der Waals surface area contributed by atoms with Crippen LogP contribution in [0, 0.1) is 0 Å². The number of methoxy groups -OCH3 is 2. The normalized spacial score (nSPS) is 14.9. The van der Waals surface area contributed by atoms with Crippen LogP contribution in [0.2, 0.25) is 0 Å². The molecule has 9 nitrogen and oxygen atoms in total. The van der Waals surface area contributed by atoms with Gasteiger partial charge in [0, 0.05) is 5.56 Å². The van der Waals surface area contributed by atoms with Crippen molar-refractivity contribution >= 4 is 49.7 Å². The van der Waals surface area contributed by atoms with Gasteiger partial charge in [-0.2, -0.15) is 0 Å². The monoisotopic (exact) mass is 550 g/mol. The molecule has 0 bridgehead atoms. The van der Waals surface area contributed by atoms with Crippen LogP contribution in [0.15, 0.2) is 58.4 Å². The zero-order valence-corrected chi connectivity index (χ0v) is 21.4. The molecular weight excluding hydrogens is 528 g/mol. The molecule has 1 unspecified atom stereocenters. The van der Waals surface area contributed by atoms with Gasteiger partial charge < -0.3 is 30.4 Å². The second kappa shape index (κ2) is 9.19. The Morgan fingerprint density at radius 2 is 1.67 bits per heavy atom. The molecule has 0 saturated heterocycles. The van der Waals surface area contributed by atoms with E-state index < -0.39 is 11.9 Å². The number of benzene rings is 3. The van der Waals surface area contributed by atoms with E-state index >= 15 is 0 Å². The van der Waals surface area contributed by atoms with Crippen molar-refractivity contribution in [3.8, 4) is 17.2 Å². The first kappa shape index (κ1) is 23.7. The number of hydrogen-bond donors (Lipinski definition) is 2. The highest BCUT2D eigenvalue weighted by Gasteiger charge is 2.39. The van der Waals surface area contributed by atoms with Gasteiger partial charge in [0.25, 0.3) is 0 Å². The van der Waals surface area contributed by atoms with Gasteiger partial charge in [0.15, 0.2) is 5.75 Å². The zero-order chi connectivity index (χ0) is 25.6. The summed E-state index contributed by atoms with van der Waals surface area (Å²) in [5.41, 5.74) is 16.9. The van der Waals surface area contributed by atoms with Gasteiger partial charge in [-0.25, -0.2) is 14.8 Å². The molecule has 0 saturated carbocycles. The number of para-hydroxylation sites is 2. The van der Waals surface area contributed by atoms with Crippen molar-refractivity contribution in [1.29, 1.82) is 0 Å². The lowest BCUT2D eigenvalue weighted by Crippen LogP contribution is -2.28. The summed E-state index contributed by atoms with van der Waals surface area (Å²) in [4.78, 5) is 22.9. The number of esters is 1. The van der Waals surface area contributed by atoms with Gasteiger partial charge in [0.2, 0.25) is 5.88 Å². The fourth-order valence-corrected chi connectivity index (χ4v) is 4.99. The Morgan fingerprint density at radius 1 is 1.03 bits per heavy atom. The summed E-state index contributed by atoms with van der Waals surface area (Å²) in [6.07, 6.45) is 0. The Balaban J connectivity index is 1.90. The third kappa shape index (κ3) is 3.74. The minimum atomic E-state index is -0.759. The molecule has 3 aromatic carbocycles. The highest BCUT2D eigenvalue weighted by Crippen LogP contribution is 2.50. The number of carbonyl (C=O) groups is 1. The fraction of sp³-hybridized carbons (Fsp3) is 0.192. The average Bonchev–Trinajstić information content (AvgIpc) is 2.87. The molecular formula is C26H23BrN4O5. The first-order valence-electron chi connectivity index (χ1n) is 11.1. The number of nitrogen functional groups attached to an aromatic ring is 1. The third-order valence-electron chi connectivity index (χ3n) is 6.00. The van der Waals surface area contributed by atoms with Crippen molar-refractivity contribution in [2.45, 2.75) is 12.8 Å².